The summed E-state index contributed by atoms with van der Waals surface area (Å²) < 4.78 is 26.2. The Morgan fingerprint density at radius 2 is 1.74 bits per heavy atom. The molecular weight excluding hydrogens is 268 g/mol. The number of rotatable bonds is 10. The van der Waals surface area contributed by atoms with Crippen LogP contribution in [0.15, 0.2) is 12.2 Å². The number of ether oxygens (including phenoxy) is 2. The number of carbonyl (C=O) groups excluding carboxylic acids is 1. The lowest BCUT2D eigenvalue weighted by molar-refractivity contribution is -0.170. The molecule has 0 saturated heterocycles. The number of carbonyl (C=O) groups is 1. The summed E-state index contributed by atoms with van der Waals surface area (Å²) in [5.74, 6) is -0.457. The molecule has 1 atom stereocenters. The summed E-state index contributed by atoms with van der Waals surface area (Å²) in [6.07, 6.45) is 0.0874. The van der Waals surface area contributed by atoms with Crippen molar-refractivity contribution in [2.45, 2.75) is 32.6 Å². The topological polar surface area (TPSA) is 63.2 Å². The second kappa shape index (κ2) is 9.22. The van der Waals surface area contributed by atoms with Crippen molar-refractivity contribution < 1.29 is 27.5 Å². The standard InChI is InChI=1S/C12H24O6Si/c1-10(2)12(13)18-11(3)17-8-7-9-19(14-4,15-5)16-6/h11H,1,7-9H2,2-6H3. The van der Waals surface area contributed by atoms with Crippen LogP contribution in [0.3, 0.4) is 0 Å². The summed E-state index contributed by atoms with van der Waals surface area (Å²) in [5.41, 5.74) is 0.347. The lowest BCUT2D eigenvalue weighted by atomic mass is 10.4. The number of hydrogen-bond acceptors (Lipinski definition) is 6. The van der Waals surface area contributed by atoms with Crippen LogP contribution in [0.5, 0.6) is 0 Å². The van der Waals surface area contributed by atoms with E-state index in [1.54, 1.807) is 35.2 Å². The predicted octanol–water partition coefficient (Wildman–Crippen LogP) is 1.74. The zero-order chi connectivity index (χ0) is 14.9. The van der Waals surface area contributed by atoms with Crippen molar-refractivity contribution in [3.63, 3.8) is 0 Å². The van der Waals surface area contributed by atoms with E-state index in [1.165, 1.54) is 0 Å². The first kappa shape index (κ1) is 18.3. The molecule has 19 heavy (non-hydrogen) atoms. The van der Waals surface area contributed by atoms with Gasteiger partial charge < -0.3 is 22.8 Å². The smallest absolute Gasteiger partial charge is 0.433 e. The highest BCUT2D eigenvalue weighted by Crippen LogP contribution is 2.15. The summed E-state index contributed by atoms with van der Waals surface area (Å²) >= 11 is 0. The van der Waals surface area contributed by atoms with Crippen LogP contribution >= 0.6 is 0 Å². The third-order valence-electron chi connectivity index (χ3n) is 2.53. The zero-order valence-electron chi connectivity index (χ0n) is 12.4. The average molecular weight is 292 g/mol. The molecule has 6 nitrogen and oxygen atoms in total. The number of hydrogen-bond donors (Lipinski definition) is 0. The fourth-order valence-corrected chi connectivity index (χ4v) is 3.07. The van der Waals surface area contributed by atoms with Gasteiger partial charge in [0, 0.05) is 32.9 Å². The lowest BCUT2D eigenvalue weighted by Crippen LogP contribution is -2.42. The molecule has 0 heterocycles. The van der Waals surface area contributed by atoms with Gasteiger partial charge in [0.2, 0.25) is 0 Å². The largest absolute Gasteiger partial charge is 0.500 e. The van der Waals surface area contributed by atoms with E-state index in [4.69, 9.17) is 22.8 Å². The van der Waals surface area contributed by atoms with Gasteiger partial charge in [-0.3, -0.25) is 0 Å². The molecule has 0 radical (unpaired) electrons. The van der Waals surface area contributed by atoms with Crippen LogP contribution in [0.2, 0.25) is 6.04 Å². The minimum Gasteiger partial charge on any atom is -0.433 e. The molecule has 0 fully saturated rings. The highest BCUT2D eigenvalue weighted by atomic mass is 28.4. The van der Waals surface area contributed by atoms with Crippen LogP contribution in [0.4, 0.5) is 0 Å². The molecule has 0 rings (SSSR count). The van der Waals surface area contributed by atoms with Gasteiger partial charge in [0.05, 0.1) is 6.61 Å². The molecule has 0 aliphatic rings. The first-order valence-corrected chi connectivity index (χ1v) is 7.97. The molecule has 0 N–H and O–H groups in total. The van der Waals surface area contributed by atoms with Gasteiger partial charge in [-0.25, -0.2) is 4.79 Å². The first-order valence-electron chi connectivity index (χ1n) is 6.04. The fraction of sp³-hybridized carbons (Fsp3) is 0.750. The molecule has 0 aromatic rings. The molecule has 1 unspecified atom stereocenters. The van der Waals surface area contributed by atoms with Crippen molar-refractivity contribution in [2.75, 3.05) is 27.9 Å². The minimum absolute atomic E-state index is 0.347. The Hall–Kier alpha value is -0.733. The van der Waals surface area contributed by atoms with E-state index >= 15 is 0 Å². The maximum atomic E-state index is 11.2. The Labute approximate surface area is 116 Å². The van der Waals surface area contributed by atoms with Crippen molar-refractivity contribution in [1.29, 1.82) is 0 Å². The van der Waals surface area contributed by atoms with E-state index in [9.17, 15) is 4.79 Å². The fourth-order valence-electron chi connectivity index (χ4n) is 1.38. The summed E-state index contributed by atoms with van der Waals surface area (Å²) in [6, 6.07) is 0.637. The van der Waals surface area contributed by atoms with E-state index in [1.807, 2.05) is 0 Å². The summed E-state index contributed by atoms with van der Waals surface area (Å²) in [6.45, 7) is 7.17. The molecule has 0 bridgehead atoms. The maximum absolute atomic E-state index is 11.2. The summed E-state index contributed by atoms with van der Waals surface area (Å²) in [5, 5.41) is 0. The van der Waals surface area contributed by atoms with E-state index in [0.717, 1.165) is 0 Å². The van der Waals surface area contributed by atoms with Crippen LogP contribution in [-0.4, -0.2) is 49.0 Å². The normalized spacial score (nSPS) is 13.1. The highest BCUT2D eigenvalue weighted by molar-refractivity contribution is 6.60. The van der Waals surface area contributed by atoms with Crippen LogP contribution < -0.4 is 0 Å². The second-order valence-corrected chi connectivity index (χ2v) is 7.11. The maximum Gasteiger partial charge on any atom is 0.500 e. The van der Waals surface area contributed by atoms with Gasteiger partial charge in [-0.2, -0.15) is 0 Å². The molecule has 0 spiro atoms. The zero-order valence-corrected chi connectivity index (χ0v) is 13.4. The van der Waals surface area contributed by atoms with Crippen molar-refractivity contribution in [2.24, 2.45) is 0 Å². The van der Waals surface area contributed by atoms with Gasteiger partial charge >= 0.3 is 14.8 Å². The summed E-state index contributed by atoms with van der Waals surface area (Å²) in [4.78, 5) is 11.2. The van der Waals surface area contributed by atoms with Crippen molar-refractivity contribution >= 4 is 14.8 Å². The molecule has 0 aliphatic carbocycles. The van der Waals surface area contributed by atoms with Gasteiger partial charge in [-0.1, -0.05) is 6.58 Å². The SMILES string of the molecule is C=C(C)C(=O)OC(C)OCCC[Si](OC)(OC)OC. The Bertz CT molecular complexity index is 282. The van der Waals surface area contributed by atoms with Gasteiger partial charge in [0.15, 0.2) is 6.29 Å². The number of esters is 1. The van der Waals surface area contributed by atoms with Gasteiger partial charge in [-0.15, -0.1) is 0 Å². The first-order chi connectivity index (χ1) is 8.90. The predicted molar refractivity (Wildman–Crippen MR) is 72.5 cm³/mol. The molecular formula is C12H24O6Si. The van der Waals surface area contributed by atoms with E-state index < -0.39 is 21.1 Å². The second-order valence-electron chi connectivity index (χ2n) is 4.02. The van der Waals surface area contributed by atoms with E-state index in [-0.39, 0.29) is 0 Å². The quantitative estimate of drug-likeness (QED) is 0.201. The molecule has 0 aromatic carbocycles. The van der Waals surface area contributed by atoms with Crippen molar-refractivity contribution in [3.05, 3.63) is 12.2 Å². The summed E-state index contributed by atoms with van der Waals surface area (Å²) in [7, 11) is 2.16. The molecule has 7 heteroatoms. The Kier molecular flexibility index (Phi) is 8.86. The highest BCUT2D eigenvalue weighted by Gasteiger charge is 2.36. The minimum atomic E-state index is -2.54. The van der Waals surface area contributed by atoms with Crippen LogP contribution in [0.1, 0.15) is 20.3 Å². The van der Waals surface area contributed by atoms with Crippen LogP contribution in [-0.2, 0) is 27.5 Å². The molecule has 0 aromatic heterocycles. The average Bonchev–Trinajstić information content (AvgIpc) is 2.39. The Balaban J connectivity index is 3.91. The van der Waals surface area contributed by atoms with Crippen LogP contribution in [0.25, 0.3) is 0 Å². The van der Waals surface area contributed by atoms with E-state index in [2.05, 4.69) is 6.58 Å². The molecule has 0 saturated carbocycles. The van der Waals surface area contributed by atoms with Crippen molar-refractivity contribution in [1.82, 2.24) is 0 Å². The Morgan fingerprint density at radius 3 is 2.16 bits per heavy atom. The third kappa shape index (κ3) is 6.83. The van der Waals surface area contributed by atoms with Crippen molar-refractivity contribution in [3.8, 4) is 0 Å². The van der Waals surface area contributed by atoms with Gasteiger partial charge in [0.25, 0.3) is 0 Å². The van der Waals surface area contributed by atoms with Gasteiger partial charge in [0.1, 0.15) is 0 Å². The van der Waals surface area contributed by atoms with Gasteiger partial charge in [-0.05, 0) is 20.3 Å². The molecule has 112 valence electrons. The van der Waals surface area contributed by atoms with E-state index in [0.29, 0.717) is 24.6 Å². The van der Waals surface area contributed by atoms with Crippen LogP contribution in [0, 0.1) is 0 Å². The Morgan fingerprint density at radius 1 is 1.21 bits per heavy atom. The lowest BCUT2D eigenvalue weighted by Gasteiger charge is -2.24. The molecule has 0 aliphatic heterocycles. The third-order valence-corrected chi connectivity index (χ3v) is 5.37. The monoisotopic (exact) mass is 292 g/mol. The molecule has 0 amide bonds.